The highest BCUT2D eigenvalue weighted by Gasteiger charge is 2.43. The van der Waals surface area contributed by atoms with Crippen LogP contribution >= 0.6 is 0 Å². The Bertz CT molecular complexity index is 1150. The van der Waals surface area contributed by atoms with Crippen molar-refractivity contribution in [2.45, 2.75) is 51.1 Å². The molecule has 0 unspecified atom stereocenters. The van der Waals surface area contributed by atoms with E-state index in [1.165, 1.54) is 0 Å². The van der Waals surface area contributed by atoms with E-state index in [-0.39, 0.29) is 11.7 Å². The summed E-state index contributed by atoms with van der Waals surface area (Å²) in [7, 11) is 0. The number of ketones is 1. The summed E-state index contributed by atoms with van der Waals surface area (Å²) >= 11 is 0. The molecule has 0 aliphatic carbocycles. The number of carbonyl (C=O) groups is 1. The van der Waals surface area contributed by atoms with Gasteiger partial charge in [-0.1, -0.05) is 0 Å². The molecular weight excluding hydrogens is 390 g/mol. The Morgan fingerprint density at radius 3 is 2.81 bits per heavy atom. The summed E-state index contributed by atoms with van der Waals surface area (Å²) in [5.74, 6) is 1.27. The largest absolute Gasteiger partial charge is 0.323 e. The van der Waals surface area contributed by atoms with E-state index in [0.717, 1.165) is 48.8 Å². The minimum atomic E-state index is -0.0466. The van der Waals surface area contributed by atoms with Gasteiger partial charge >= 0.3 is 0 Å². The van der Waals surface area contributed by atoms with Crippen molar-refractivity contribution < 1.29 is 4.79 Å². The van der Waals surface area contributed by atoms with Crippen molar-refractivity contribution in [1.82, 2.24) is 25.1 Å². The Kier molecular flexibility index (Phi) is 5.12. The van der Waals surface area contributed by atoms with Crippen LogP contribution in [0.25, 0.3) is 10.9 Å². The first kappa shape index (κ1) is 19.6. The maximum Gasteiger partial charge on any atom is 0.185 e. The van der Waals surface area contributed by atoms with Crippen LogP contribution < -0.4 is 5.32 Å². The molecule has 0 spiro atoms. The van der Waals surface area contributed by atoms with E-state index in [0.29, 0.717) is 35.8 Å². The van der Waals surface area contributed by atoms with Crippen molar-refractivity contribution in [2.24, 2.45) is 5.92 Å². The van der Waals surface area contributed by atoms with Gasteiger partial charge in [-0.05, 0) is 44.7 Å². The number of pyridine rings is 2. The highest BCUT2D eigenvalue weighted by Crippen LogP contribution is 2.40. The predicted molar refractivity (Wildman–Crippen MR) is 117 cm³/mol. The maximum atomic E-state index is 13.7. The van der Waals surface area contributed by atoms with Crippen molar-refractivity contribution >= 4 is 28.3 Å². The number of aryl methyl sites for hydroxylation is 1. The number of nitrogens with one attached hydrogen (secondary N) is 2. The Morgan fingerprint density at radius 2 is 2.10 bits per heavy atom. The number of rotatable bonds is 6. The van der Waals surface area contributed by atoms with E-state index in [4.69, 9.17) is 10.2 Å². The van der Waals surface area contributed by atoms with Gasteiger partial charge in [0.15, 0.2) is 11.6 Å². The number of nitriles is 1. The second-order valence-electron chi connectivity index (χ2n) is 8.55. The van der Waals surface area contributed by atoms with Crippen LogP contribution in [0.5, 0.6) is 0 Å². The molecule has 2 aliphatic heterocycles. The van der Waals surface area contributed by atoms with E-state index < -0.39 is 0 Å². The van der Waals surface area contributed by atoms with Crippen LogP contribution in [-0.2, 0) is 0 Å². The molecule has 2 bridgehead atoms. The second-order valence-corrected chi connectivity index (χ2v) is 8.55. The molecule has 2 N–H and O–H groups in total. The van der Waals surface area contributed by atoms with Crippen molar-refractivity contribution in [1.29, 1.82) is 5.26 Å². The van der Waals surface area contributed by atoms with Crippen LogP contribution in [0.4, 0.5) is 11.6 Å². The fourth-order valence-corrected chi connectivity index (χ4v) is 5.17. The Balaban J connectivity index is 1.44. The Morgan fingerprint density at radius 1 is 1.29 bits per heavy atom. The number of anilines is 2. The summed E-state index contributed by atoms with van der Waals surface area (Å²) in [5.41, 5.74) is 2.16. The first-order valence-corrected chi connectivity index (χ1v) is 10.8. The molecule has 31 heavy (non-hydrogen) atoms. The third kappa shape index (κ3) is 3.77. The van der Waals surface area contributed by atoms with Crippen molar-refractivity contribution in [3.05, 3.63) is 41.9 Å². The van der Waals surface area contributed by atoms with Gasteiger partial charge in [-0.15, -0.1) is 0 Å². The van der Waals surface area contributed by atoms with E-state index in [9.17, 15) is 4.79 Å². The number of H-pyrrole nitrogens is 1. The van der Waals surface area contributed by atoms with Gasteiger partial charge in [0.2, 0.25) is 0 Å². The number of piperidine rings is 1. The van der Waals surface area contributed by atoms with Gasteiger partial charge in [-0.25, -0.2) is 4.98 Å². The maximum absolute atomic E-state index is 13.7. The molecule has 0 aromatic carbocycles. The quantitative estimate of drug-likeness (QED) is 0.590. The number of hydrogen-bond donors (Lipinski definition) is 2. The zero-order valence-electron chi connectivity index (χ0n) is 17.5. The lowest BCUT2D eigenvalue weighted by Crippen LogP contribution is -2.45. The first-order valence-electron chi connectivity index (χ1n) is 10.8. The average molecular weight is 416 g/mol. The van der Waals surface area contributed by atoms with Gasteiger partial charge < -0.3 is 5.32 Å². The molecule has 2 fully saturated rings. The smallest absolute Gasteiger partial charge is 0.185 e. The Hall–Kier alpha value is -3.31. The molecule has 158 valence electrons. The number of carbonyl (C=O) groups excluding carboxylic acids is 1. The SMILES string of the molecule is Cc1cc(Nc2cc3ncccc3c(C(=O)[C@@H]3C[C@H]4CC[C@@H](C3)N4CCC#N)n2)n[nH]1. The van der Waals surface area contributed by atoms with E-state index in [2.05, 4.69) is 31.5 Å². The van der Waals surface area contributed by atoms with Crippen molar-refractivity contribution in [3.8, 4) is 6.07 Å². The predicted octanol–water partition coefficient (Wildman–Crippen LogP) is 3.74. The molecule has 2 aliphatic rings. The highest BCUT2D eigenvalue weighted by molar-refractivity contribution is 6.07. The fourth-order valence-electron chi connectivity index (χ4n) is 5.17. The topological polar surface area (TPSA) is 111 Å². The number of aromatic amines is 1. The molecule has 5 rings (SSSR count). The minimum absolute atomic E-state index is 0.0466. The zero-order valence-corrected chi connectivity index (χ0v) is 17.5. The average Bonchev–Trinajstić information content (AvgIpc) is 3.28. The van der Waals surface area contributed by atoms with Gasteiger partial charge in [0.1, 0.15) is 11.5 Å². The molecule has 8 heteroatoms. The van der Waals surface area contributed by atoms with Crippen LogP contribution in [0, 0.1) is 24.2 Å². The number of aromatic nitrogens is 4. The molecule has 0 amide bonds. The second kappa shape index (κ2) is 8.08. The van der Waals surface area contributed by atoms with E-state index in [1.807, 2.05) is 31.2 Å². The van der Waals surface area contributed by atoms with Gasteiger partial charge in [0.25, 0.3) is 0 Å². The normalized spacial score (nSPS) is 23.0. The molecule has 3 aromatic rings. The van der Waals surface area contributed by atoms with Crippen LogP contribution in [0.1, 0.15) is 48.3 Å². The van der Waals surface area contributed by atoms with Gasteiger partial charge in [-0.2, -0.15) is 10.4 Å². The summed E-state index contributed by atoms with van der Waals surface area (Å²) in [6, 6.07) is 10.5. The lowest BCUT2D eigenvalue weighted by atomic mass is 9.85. The minimum Gasteiger partial charge on any atom is -0.323 e. The number of fused-ring (bicyclic) bond motifs is 3. The number of Topliss-reactive ketones (excluding diaryl/α,β-unsaturated/α-hetero) is 1. The number of hydrogen-bond acceptors (Lipinski definition) is 7. The lowest BCUT2D eigenvalue weighted by molar-refractivity contribution is 0.0706. The zero-order chi connectivity index (χ0) is 21.4. The molecule has 0 saturated carbocycles. The summed E-state index contributed by atoms with van der Waals surface area (Å²) in [6.45, 7) is 2.74. The summed E-state index contributed by atoms with van der Waals surface area (Å²) in [4.78, 5) is 25.3. The monoisotopic (exact) mass is 415 g/mol. The van der Waals surface area contributed by atoms with Crippen molar-refractivity contribution in [2.75, 3.05) is 11.9 Å². The van der Waals surface area contributed by atoms with Gasteiger partial charge in [0, 0.05) is 60.4 Å². The van der Waals surface area contributed by atoms with Crippen LogP contribution in [0.15, 0.2) is 30.5 Å². The standard InChI is InChI=1S/C23H25N7O/c1-14-10-21(29-28-14)26-20-13-19-18(4-2-8-25-19)22(27-20)23(31)15-11-16-5-6-17(12-15)30(16)9-3-7-24/h2,4,8,10,13,15-17H,3,5-6,9,11-12H2,1H3,(H2,26,27,28,29)/t15-,16-,17+. The first-order chi connectivity index (χ1) is 15.1. The molecular formula is C23H25N7O. The molecule has 0 radical (unpaired) electrons. The third-order valence-corrected chi connectivity index (χ3v) is 6.53. The number of nitrogens with zero attached hydrogens (tertiary/aromatic N) is 5. The van der Waals surface area contributed by atoms with Gasteiger partial charge in [0.05, 0.1) is 11.6 Å². The summed E-state index contributed by atoms with van der Waals surface area (Å²) in [6.07, 6.45) is 6.16. The van der Waals surface area contributed by atoms with Crippen LogP contribution in [-0.4, -0.2) is 49.5 Å². The lowest BCUT2D eigenvalue weighted by Gasteiger charge is -2.38. The third-order valence-electron chi connectivity index (χ3n) is 6.53. The van der Waals surface area contributed by atoms with Crippen LogP contribution in [0.3, 0.4) is 0 Å². The van der Waals surface area contributed by atoms with E-state index >= 15 is 0 Å². The molecule has 5 heterocycles. The summed E-state index contributed by atoms with van der Waals surface area (Å²) in [5, 5.41) is 20.0. The van der Waals surface area contributed by atoms with Gasteiger partial charge in [-0.3, -0.25) is 19.8 Å². The summed E-state index contributed by atoms with van der Waals surface area (Å²) < 4.78 is 0. The molecule has 3 aromatic heterocycles. The highest BCUT2D eigenvalue weighted by atomic mass is 16.1. The Labute approximate surface area is 180 Å². The van der Waals surface area contributed by atoms with Crippen molar-refractivity contribution in [3.63, 3.8) is 0 Å². The fraction of sp³-hybridized carbons (Fsp3) is 0.435. The molecule has 2 saturated heterocycles. The van der Waals surface area contributed by atoms with E-state index in [1.54, 1.807) is 6.20 Å². The molecule has 3 atom stereocenters. The molecule has 8 nitrogen and oxygen atoms in total. The van der Waals surface area contributed by atoms with Crippen LogP contribution in [0.2, 0.25) is 0 Å².